The molecule has 35 heavy (non-hydrogen) atoms. The molecule has 2 N–H and O–H groups in total. The highest BCUT2D eigenvalue weighted by Crippen LogP contribution is 2.26. The van der Waals surface area contributed by atoms with Crippen LogP contribution in [0.15, 0.2) is 78.4 Å². The van der Waals surface area contributed by atoms with Gasteiger partial charge in [0, 0.05) is 24.3 Å². The number of carbonyl (C=O) groups excluding carboxylic acids is 2. The molecule has 0 spiro atoms. The third-order valence-electron chi connectivity index (χ3n) is 4.60. The van der Waals surface area contributed by atoms with E-state index in [1.54, 1.807) is 0 Å². The maximum absolute atomic E-state index is 13.0. The molecule has 3 aromatic carbocycles. The van der Waals surface area contributed by atoms with Gasteiger partial charge in [-0.1, -0.05) is 24.3 Å². The zero-order valence-electron chi connectivity index (χ0n) is 17.6. The normalized spacial score (nSPS) is 10.1. The predicted octanol–water partition coefficient (Wildman–Crippen LogP) is 4.07. The lowest BCUT2D eigenvalue weighted by atomic mass is 10.1. The van der Waals surface area contributed by atoms with Gasteiger partial charge < -0.3 is 10.6 Å². The van der Waals surface area contributed by atoms with E-state index in [1.165, 1.54) is 48.5 Å². The maximum Gasteiger partial charge on any atom is 0.292 e. The zero-order valence-corrected chi connectivity index (χ0v) is 17.6. The van der Waals surface area contributed by atoms with Crippen molar-refractivity contribution < 1.29 is 24.4 Å². The fourth-order valence-electron chi connectivity index (χ4n) is 2.95. The van der Waals surface area contributed by atoms with E-state index >= 15 is 0 Å². The van der Waals surface area contributed by atoms with Gasteiger partial charge in [-0.15, -0.1) is 0 Å². The molecule has 2 amide bonds. The van der Waals surface area contributed by atoms with Crippen LogP contribution in [0.1, 0.15) is 5.56 Å². The van der Waals surface area contributed by atoms with Crippen molar-refractivity contribution in [3.8, 4) is 0 Å². The van der Waals surface area contributed by atoms with Gasteiger partial charge in [-0.3, -0.25) is 39.9 Å². The molecule has 0 radical (unpaired) electrons. The SMILES string of the molecule is O=C(Nc1ccccc1[N+](=O)[O-])C(=Cc1ccc([N+](=O)[O-])cc1)C(=O)Nc1ccccc1[N+](=O)[O-]. The van der Waals surface area contributed by atoms with Crippen LogP contribution in [0.5, 0.6) is 0 Å². The number of non-ortho nitro benzene ring substituents is 1. The van der Waals surface area contributed by atoms with E-state index in [0.717, 1.165) is 30.3 Å². The topological polar surface area (TPSA) is 188 Å². The zero-order chi connectivity index (χ0) is 25.5. The minimum absolute atomic E-state index is 0.185. The molecule has 0 heterocycles. The maximum atomic E-state index is 13.0. The Morgan fingerprint density at radius 2 is 1.06 bits per heavy atom. The number of nitro groups is 3. The number of hydrogen-bond donors (Lipinski definition) is 2. The third kappa shape index (κ3) is 5.87. The molecule has 13 nitrogen and oxygen atoms in total. The van der Waals surface area contributed by atoms with Crippen LogP contribution in [0.2, 0.25) is 0 Å². The summed E-state index contributed by atoms with van der Waals surface area (Å²) in [4.78, 5) is 57.4. The van der Waals surface area contributed by atoms with Crippen molar-refractivity contribution in [2.75, 3.05) is 10.6 Å². The van der Waals surface area contributed by atoms with E-state index in [0.29, 0.717) is 0 Å². The average molecular weight is 477 g/mol. The molecule has 0 fully saturated rings. The molecule has 0 saturated heterocycles. The average Bonchev–Trinajstić information content (AvgIpc) is 2.83. The second kappa shape index (κ2) is 10.4. The number of nitrogens with zero attached hydrogens (tertiary/aromatic N) is 3. The lowest BCUT2D eigenvalue weighted by Gasteiger charge is -2.11. The van der Waals surface area contributed by atoms with Crippen molar-refractivity contribution in [2.24, 2.45) is 0 Å². The molecule has 0 aliphatic heterocycles. The smallest absolute Gasteiger partial charge is 0.292 e. The standard InChI is InChI=1S/C22H15N5O8/c28-21(23-17-5-1-3-7-19(17)26(32)33)16(13-14-9-11-15(12-10-14)25(30)31)22(29)24-18-6-2-4-8-20(18)27(34)35/h1-13H,(H,23,28)(H,24,29). The van der Waals surface area contributed by atoms with Gasteiger partial charge in [0.15, 0.2) is 0 Å². The fourth-order valence-corrected chi connectivity index (χ4v) is 2.95. The number of nitro benzene ring substituents is 3. The molecular formula is C22H15N5O8. The molecule has 0 aromatic heterocycles. The van der Waals surface area contributed by atoms with E-state index in [2.05, 4.69) is 10.6 Å². The summed E-state index contributed by atoms with van der Waals surface area (Å²) in [6.07, 6.45) is 1.10. The van der Waals surface area contributed by atoms with E-state index < -0.39 is 43.5 Å². The monoisotopic (exact) mass is 477 g/mol. The molecule has 0 unspecified atom stereocenters. The summed E-state index contributed by atoms with van der Waals surface area (Å²) >= 11 is 0. The molecule has 0 atom stereocenters. The van der Waals surface area contributed by atoms with Crippen LogP contribution in [-0.4, -0.2) is 26.6 Å². The second-order valence-electron chi connectivity index (χ2n) is 6.86. The van der Waals surface area contributed by atoms with Gasteiger partial charge in [-0.05, 0) is 35.9 Å². The highest BCUT2D eigenvalue weighted by atomic mass is 16.6. The van der Waals surface area contributed by atoms with E-state index in [4.69, 9.17) is 0 Å². The van der Waals surface area contributed by atoms with Gasteiger partial charge in [0.05, 0.1) is 14.8 Å². The Balaban J connectivity index is 2.01. The van der Waals surface area contributed by atoms with Gasteiger partial charge in [0.2, 0.25) is 0 Å². The van der Waals surface area contributed by atoms with Crippen molar-refractivity contribution in [3.05, 3.63) is 114 Å². The molecule has 3 rings (SSSR count). The molecule has 0 aliphatic rings. The molecular weight excluding hydrogens is 462 g/mol. The second-order valence-corrected chi connectivity index (χ2v) is 6.86. The van der Waals surface area contributed by atoms with Gasteiger partial charge >= 0.3 is 0 Å². The lowest BCUT2D eigenvalue weighted by molar-refractivity contribution is -0.384. The molecule has 3 aromatic rings. The van der Waals surface area contributed by atoms with Crippen molar-refractivity contribution in [2.45, 2.75) is 0 Å². The first-order valence-electron chi connectivity index (χ1n) is 9.73. The number of benzene rings is 3. The van der Waals surface area contributed by atoms with Crippen LogP contribution in [0.3, 0.4) is 0 Å². The number of amides is 2. The molecule has 0 bridgehead atoms. The Morgan fingerprint density at radius 1 is 0.629 bits per heavy atom. The third-order valence-corrected chi connectivity index (χ3v) is 4.60. The highest BCUT2D eigenvalue weighted by molar-refractivity contribution is 6.29. The summed E-state index contributed by atoms with van der Waals surface area (Å²) in [5.74, 6) is -2.09. The van der Waals surface area contributed by atoms with E-state index in [-0.39, 0.29) is 22.6 Å². The summed E-state index contributed by atoms with van der Waals surface area (Å²) in [5.41, 5.74) is -1.77. The summed E-state index contributed by atoms with van der Waals surface area (Å²) < 4.78 is 0. The minimum Gasteiger partial charge on any atom is -0.316 e. The van der Waals surface area contributed by atoms with Crippen LogP contribution in [0, 0.1) is 30.3 Å². The predicted molar refractivity (Wildman–Crippen MR) is 125 cm³/mol. The van der Waals surface area contributed by atoms with E-state index in [1.807, 2.05) is 0 Å². The number of hydrogen-bond acceptors (Lipinski definition) is 8. The largest absolute Gasteiger partial charge is 0.316 e. The summed E-state index contributed by atoms with van der Waals surface area (Å²) in [6.45, 7) is 0. The first-order valence-corrected chi connectivity index (χ1v) is 9.73. The number of nitrogens with one attached hydrogen (secondary N) is 2. The lowest BCUT2D eigenvalue weighted by Crippen LogP contribution is -2.26. The minimum atomic E-state index is -1.05. The number of anilines is 2. The van der Waals surface area contributed by atoms with Gasteiger partial charge in [0.25, 0.3) is 28.9 Å². The van der Waals surface area contributed by atoms with Gasteiger partial charge in [-0.2, -0.15) is 0 Å². The number of para-hydroxylation sites is 4. The molecule has 0 saturated carbocycles. The van der Waals surface area contributed by atoms with Crippen LogP contribution in [0.4, 0.5) is 28.4 Å². The summed E-state index contributed by atoms with van der Waals surface area (Å²) in [6, 6.07) is 15.4. The quantitative estimate of drug-likeness (QED) is 0.160. The summed E-state index contributed by atoms with van der Waals surface area (Å²) in [7, 11) is 0. The first-order chi connectivity index (χ1) is 16.7. The van der Waals surface area contributed by atoms with Crippen LogP contribution in [0.25, 0.3) is 6.08 Å². The highest BCUT2D eigenvalue weighted by Gasteiger charge is 2.24. The van der Waals surface area contributed by atoms with Crippen molar-refractivity contribution in [1.82, 2.24) is 0 Å². The van der Waals surface area contributed by atoms with Crippen LogP contribution < -0.4 is 10.6 Å². The van der Waals surface area contributed by atoms with Crippen molar-refractivity contribution >= 4 is 46.3 Å². The summed E-state index contributed by atoms with van der Waals surface area (Å²) in [5, 5.41) is 38.0. The van der Waals surface area contributed by atoms with Crippen molar-refractivity contribution in [3.63, 3.8) is 0 Å². The fraction of sp³-hybridized carbons (Fsp3) is 0. The molecule has 176 valence electrons. The van der Waals surface area contributed by atoms with Gasteiger partial charge in [0.1, 0.15) is 16.9 Å². The first kappa shape index (κ1) is 24.2. The Hall–Kier alpha value is -5.46. The number of carbonyl (C=O) groups is 2. The Kier molecular flexibility index (Phi) is 7.21. The van der Waals surface area contributed by atoms with Gasteiger partial charge in [-0.25, -0.2) is 0 Å². The Morgan fingerprint density at radius 3 is 1.46 bits per heavy atom. The Labute approximate surface area is 196 Å². The van der Waals surface area contributed by atoms with Crippen LogP contribution >= 0.6 is 0 Å². The Bertz CT molecular complexity index is 1290. The van der Waals surface area contributed by atoms with Crippen molar-refractivity contribution in [1.29, 1.82) is 0 Å². The number of rotatable bonds is 8. The van der Waals surface area contributed by atoms with Crippen LogP contribution in [-0.2, 0) is 9.59 Å². The van der Waals surface area contributed by atoms with E-state index in [9.17, 15) is 39.9 Å². The molecule has 13 heteroatoms. The molecule has 0 aliphatic carbocycles.